The second-order valence-corrected chi connectivity index (χ2v) is 15.3. The molecule has 0 unspecified atom stereocenters. The lowest BCUT2D eigenvalue weighted by Crippen LogP contribution is -2.44. The summed E-state index contributed by atoms with van der Waals surface area (Å²) in [5.41, 5.74) is 6.52. The number of β-amino-alcohol motifs (C(OH)–C–C–N with tert-alkyl or cyclic N) is 1. The summed E-state index contributed by atoms with van der Waals surface area (Å²) in [5, 5.41) is 25.4. The minimum Gasteiger partial charge on any atom is -0.481 e. The number of carboxylic acid groups (broad SMARTS) is 1. The third-order valence-electron chi connectivity index (χ3n) is 11.7. The van der Waals surface area contributed by atoms with Crippen molar-refractivity contribution in [3.63, 3.8) is 0 Å². The molecule has 4 heterocycles. The second-order valence-electron chi connectivity index (χ2n) is 14.9. The zero-order chi connectivity index (χ0) is 37.6. The highest BCUT2D eigenvalue weighted by Gasteiger charge is 2.40. The number of hydrogen-bond acceptors (Lipinski definition) is 8. The summed E-state index contributed by atoms with van der Waals surface area (Å²) in [4.78, 5) is 52.9. The minimum atomic E-state index is -0.720. The molecular formula is C39H47ClN8O5. The molecule has 14 heteroatoms. The van der Waals surface area contributed by atoms with Crippen molar-refractivity contribution in [3.05, 3.63) is 81.4 Å². The predicted molar refractivity (Wildman–Crippen MR) is 202 cm³/mol. The first kappa shape index (κ1) is 36.8. The normalized spacial score (nSPS) is 20.5. The first-order chi connectivity index (χ1) is 25.4. The molecule has 1 fully saturated rings. The zero-order valence-electron chi connectivity index (χ0n) is 30.7. The van der Waals surface area contributed by atoms with Crippen LogP contribution in [0.15, 0.2) is 36.4 Å². The summed E-state index contributed by atoms with van der Waals surface area (Å²) in [5.74, 6) is -0.767. The number of amides is 2. The number of carbonyl (C=O) groups excluding carboxylic acids is 2. The molecule has 2 aromatic heterocycles. The molecular weight excluding hydrogens is 696 g/mol. The Morgan fingerprint density at radius 2 is 1.43 bits per heavy atom. The smallest absolute Gasteiger partial charge is 0.309 e. The second kappa shape index (κ2) is 14.7. The number of imidazole rings is 2. The van der Waals surface area contributed by atoms with Crippen LogP contribution in [0, 0.1) is 12.3 Å². The van der Waals surface area contributed by atoms with Gasteiger partial charge in [0.25, 0.3) is 11.8 Å². The summed E-state index contributed by atoms with van der Waals surface area (Å²) < 4.78 is 3.72. The summed E-state index contributed by atoms with van der Waals surface area (Å²) in [6.07, 6.45) is 4.49. The Hall–Kier alpha value is -4.56. The van der Waals surface area contributed by atoms with Crippen molar-refractivity contribution in [1.82, 2.24) is 28.9 Å². The average molecular weight is 743 g/mol. The van der Waals surface area contributed by atoms with Crippen molar-refractivity contribution < 1.29 is 24.6 Å². The number of fused-ring (bicyclic) bond motifs is 2. The first-order valence-corrected chi connectivity index (χ1v) is 18.7. The lowest BCUT2D eigenvalue weighted by Gasteiger charge is -2.41. The van der Waals surface area contributed by atoms with Crippen LogP contribution in [-0.4, -0.2) is 89.2 Å². The molecule has 53 heavy (non-hydrogen) atoms. The maximum absolute atomic E-state index is 13.7. The number of aliphatic hydroxyl groups is 1. The van der Waals surface area contributed by atoms with Gasteiger partial charge in [-0.25, -0.2) is 9.97 Å². The molecule has 4 N–H and O–H groups in total. The quantitative estimate of drug-likeness (QED) is 0.185. The van der Waals surface area contributed by atoms with Gasteiger partial charge >= 0.3 is 5.97 Å². The average Bonchev–Trinajstić information content (AvgIpc) is 3.66. The molecule has 0 bridgehead atoms. The highest BCUT2D eigenvalue weighted by Crippen LogP contribution is 2.40. The summed E-state index contributed by atoms with van der Waals surface area (Å²) in [6.45, 7) is 7.27. The topological polar surface area (TPSA) is 158 Å². The number of carboxylic acids is 1. The standard InChI is InChI=1S/C39H47ClN8O5/c1-23-25(7-5-9-27(23)43-36(50)34-41-29-21-47(19-20-49)17-13-31(29)45(34)3)26-8-6-10-28(33(26)40)44-37(51)35-42-30-22-48(18-14-32(30)46(35)4)24-11-15-39(2,16-12-24)38(52)53/h5-10,24,49H,11-22H2,1-4H3,(H,43,50)(H,44,51)(H,52,53). The summed E-state index contributed by atoms with van der Waals surface area (Å²) in [6, 6.07) is 11.4. The Bertz CT molecular complexity index is 2080. The fourth-order valence-electron chi connectivity index (χ4n) is 8.26. The van der Waals surface area contributed by atoms with Crippen LogP contribution in [0.4, 0.5) is 11.4 Å². The van der Waals surface area contributed by atoms with Crippen LogP contribution in [0.25, 0.3) is 11.1 Å². The van der Waals surface area contributed by atoms with Crippen molar-refractivity contribution in [1.29, 1.82) is 0 Å². The number of aliphatic carboxylic acids is 1. The van der Waals surface area contributed by atoms with E-state index in [1.807, 2.05) is 67.4 Å². The van der Waals surface area contributed by atoms with Gasteiger partial charge in [0.15, 0.2) is 11.6 Å². The van der Waals surface area contributed by atoms with Crippen LogP contribution in [0.2, 0.25) is 5.02 Å². The van der Waals surface area contributed by atoms with E-state index in [2.05, 4.69) is 25.4 Å². The molecule has 280 valence electrons. The number of nitrogens with zero attached hydrogens (tertiary/aromatic N) is 6. The van der Waals surface area contributed by atoms with Crippen molar-refractivity contribution in [2.45, 2.75) is 71.5 Å². The maximum atomic E-state index is 13.7. The molecule has 3 aliphatic rings. The maximum Gasteiger partial charge on any atom is 0.309 e. The van der Waals surface area contributed by atoms with Crippen LogP contribution in [0.5, 0.6) is 0 Å². The third kappa shape index (κ3) is 6.98. The number of halogens is 1. The molecule has 1 saturated carbocycles. The van der Waals surface area contributed by atoms with E-state index in [-0.39, 0.29) is 18.4 Å². The van der Waals surface area contributed by atoms with E-state index in [4.69, 9.17) is 16.6 Å². The number of carbonyl (C=O) groups is 3. The molecule has 0 atom stereocenters. The third-order valence-corrected chi connectivity index (χ3v) is 12.1. The Labute approximate surface area is 314 Å². The number of anilines is 2. The number of rotatable bonds is 9. The lowest BCUT2D eigenvalue weighted by molar-refractivity contribution is -0.150. The molecule has 2 aliphatic heterocycles. The first-order valence-electron chi connectivity index (χ1n) is 18.3. The van der Waals surface area contributed by atoms with Crippen LogP contribution in [0.3, 0.4) is 0 Å². The highest BCUT2D eigenvalue weighted by molar-refractivity contribution is 6.36. The van der Waals surface area contributed by atoms with Gasteiger partial charge in [0.1, 0.15) is 0 Å². The molecule has 13 nitrogen and oxygen atoms in total. The number of aromatic nitrogens is 4. The van der Waals surface area contributed by atoms with Crippen molar-refractivity contribution in [3.8, 4) is 11.1 Å². The molecule has 0 saturated heterocycles. The number of hydrogen-bond donors (Lipinski definition) is 4. The number of benzene rings is 2. The fourth-order valence-corrected chi connectivity index (χ4v) is 8.53. The van der Waals surface area contributed by atoms with Crippen LogP contribution in [0.1, 0.15) is 82.2 Å². The van der Waals surface area contributed by atoms with Gasteiger partial charge in [-0.05, 0) is 62.8 Å². The Balaban J connectivity index is 1.05. The lowest BCUT2D eigenvalue weighted by atomic mass is 9.73. The predicted octanol–water partition coefficient (Wildman–Crippen LogP) is 5.03. The molecule has 2 amide bonds. The molecule has 0 radical (unpaired) electrons. The van der Waals surface area contributed by atoms with Gasteiger partial charge in [0, 0.05) is 88.3 Å². The van der Waals surface area contributed by atoms with Crippen LogP contribution < -0.4 is 10.6 Å². The molecule has 1 aliphatic carbocycles. The van der Waals surface area contributed by atoms with Gasteiger partial charge in [-0.2, -0.15) is 0 Å². The van der Waals surface area contributed by atoms with Crippen molar-refractivity contribution in [2.75, 3.05) is 36.9 Å². The fraction of sp³-hybridized carbons (Fsp3) is 0.462. The molecule has 0 spiro atoms. The molecule has 4 aromatic rings. The van der Waals surface area contributed by atoms with Gasteiger partial charge in [-0.15, -0.1) is 0 Å². The summed E-state index contributed by atoms with van der Waals surface area (Å²) in [7, 11) is 3.72. The van der Waals surface area contributed by atoms with Crippen LogP contribution in [-0.2, 0) is 44.8 Å². The highest BCUT2D eigenvalue weighted by atomic mass is 35.5. The largest absolute Gasteiger partial charge is 0.481 e. The molecule has 2 aromatic carbocycles. The van der Waals surface area contributed by atoms with Gasteiger partial charge in [0.05, 0.1) is 34.1 Å². The van der Waals surface area contributed by atoms with E-state index in [1.54, 1.807) is 6.07 Å². The van der Waals surface area contributed by atoms with Gasteiger partial charge in [-0.1, -0.05) is 35.9 Å². The van der Waals surface area contributed by atoms with Crippen molar-refractivity contribution in [2.24, 2.45) is 19.5 Å². The van der Waals surface area contributed by atoms with E-state index in [0.717, 1.165) is 72.7 Å². The molecule has 7 rings (SSSR count). The zero-order valence-corrected chi connectivity index (χ0v) is 31.5. The SMILES string of the molecule is Cc1c(NC(=O)c2nc3c(n2C)CCN(CCO)C3)cccc1-c1cccc(NC(=O)c2nc3c(n2C)CCN(C2CCC(C)(C(=O)O)CC2)C3)c1Cl. The van der Waals surface area contributed by atoms with Gasteiger partial charge < -0.3 is 30.0 Å². The monoisotopic (exact) mass is 742 g/mol. The van der Waals surface area contributed by atoms with E-state index in [1.165, 1.54) is 0 Å². The van der Waals surface area contributed by atoms with Crippen molar-refractivity contribution >= 4 is 40.8 Å². The Kier molecular flexibility index (Phi) is 10.2. The van der Waals surface area contributed by atoms with Crippen LogP contribution >= 0.6 is 11.6 Å². The Morgan fingerprint density at radius 3 is 2.06 bits per heavy atom. The van der Waals surface area contributed by atoms with E-state index in [9.17, 15) is 24.6 Å². The van der Waals surface area contributed by atoms with Gasteiger partial charge in [0.2, 0.25) is 0 Å². The van der Waals surface area contributed by atoms with E-state index < -0.39 is 11.4 Å². The van der Waals surface area contributed by atoms with Gasteiger partial charge in [-0.3, -0.25) is 24.2 Å². The number of nitrogens with one attached hydrogen (secondary N) is 2. The van der Waals surface area contributed by atoms with E-state index >= 15 is 0 Å². The number of aliphatic hydroxyl groups excluding tert-OH is 1. The van der Waals surface area contributed by atoms with E-state index in [0.29, 0.717) is 72.1 Å². The Morgan fingerprint density at radius 1 is 0.868 bits per heavy atom. The minimum absolute atomic E-state index is 0.0795. The summed E-state index contributed by atoms with van der Waals surface area (Å²) >= 11 is 6.99.